The van der Waals surface area contributed by atoms with E-state index < -0.39 is 27.8 Å². The number of aliphatic hydroxyl groups excluding tert-OH is 1. The molecule has 192 valence electrons. The molecule has 0 saturated carbocycles. The number of hydrogen-bond acceptors (Lipinski definition) is 7. The van der Waals surface area contributed by atoms with Crippen molar-refractivity contribution in [1.29, 1.82) is 0 Å². The summed E-state index contributed by atoms with van der Waals surface area (Å²) in [7, 11) is -2.17. The Morgan fingerprint density at radius 3 is 2.33 bits per heavy atom. The number of hydrogen-bond donors (Lipinski definition) is 1. The number of nitrogens with zero attached hydrogens (tertiary/aromatic N) is 2. The van der Waals surface area contributed by atoms with E-state index in [1.165, 1.54) is 33.5 Å². The third-order valence-electron chi connectivity index (χ3n) is 6.21. The predicted molar refractivity (Wildman–Crippen MR) is 133 cm³/mol. The summed E-state index contributed by atoms with van der Waals surface area (Å²) in [6.45, 7) is 1.82. The van der Waals surface area contributed by atoms with Crippen LogP contribution in [0.25, 0.3) is 5.76 Å². The van der Waals surface area contributed by atoms with E-state index in [-0.39, 0.29) is 41.4 Å². The Balaban J connectivity index is 1.71. The number of halogens is 1. The van der Waals surface area contributed by atoms with E-state index in [1.54, 1.807) is 31.4 Å². The van der Waals surface area contributed by atoms with E-state index in [0.29, 0.717) is 36.8 Å². The van der Waals surface area contributed by atoms with Crippen molar-refractivity contribution in [3.63, 3.8) is 0 Å². The topological polar surface area (TPSA) is 113 Å². The average Bonchev–Trinajstić information content (AvgIpc) is 3.14. The van der Waals surface area contributed by atoms with Gasteiger partial charge in [-0.3, -0.25) is 9.59 Å². The molecule has 2 aliphatic heterocycles. The lowest BCUT2D eigenvalue weighted by atomic mass is 9.95. The third kappa shape index (κ3) is 5.18. The van der Waals surface area contributed by atoms with E-state index in [4.69, 9.17) is 21.1 Å². The molecule has 4 rings (SSSR count). The molecule has 0 aromatic heterocycles. The second-order valence-electron chi connectivity index (χ2n) is 8.43. The van der Waals surface area contributed by atoms with Crippen molar-refractivity contribution in [2.45, 2.75) is 17.4 Å². The van der Waals surface area contributed by atoms with Crippen molar-refractivity contribution < 1.29 is 32.6 Å². The van der Waals surface area contributed by atoms with Crippen molar-refractivity contribution in [2.24, 2.45) is 0 Å². The van der Waals surface area contributed by atoms with E-state index >= 15 is 0 Å². The van der Waals surface area contributed by atoms with Gasteiger partial charge < -0.3 is 19.5 Å². The smallest absolute Gasteiger partial charge is 0.295 e. The van der Waals surface area contributed by atoms with Gasteiger partial charge in [0.1, 0.15) is 5.76 Å². The minimum absolute atomic E-state index is 0.0650. The number of methoxy groups -OCH3 is 1. The fourth-order valence-corrected chi connectivity index (χ4v) is 5.89. The molecule has 2 aromatic rings. The molecule has 1 N–H and O–H groups in total. The highest BCUT2D eigenvalue weighted by molar-refractivity contribution is 7.89. The van der Waals surface area contributed by atoms with Crippen LogP contribution in [0.5, 0.6) is 0 Å². The maximum absolute atomic E-state index is 13.1. The molecule has 2 aromatic carbocycles. The average molecular weight is 535 g/mol. The molecule has 2 fully saturated rings. The first-order chi connectivity index (χ1) is 17.3. The van der Waals surface area contributed by atoms with Gasteiger partial charge in [-0.25, -0.2) is 8.42 Å². The molecule has 0 aliphatic carbocycles. The first-order valence-corrected chi connectivity index (χ1v) is 13.3. The highest BCUT2D eigenvalue weighted by Gasteiger charge is 2.45. The summed E-state index contributed by atoms with van der Waals surface area (Å²) < 4.78 is 37.5. The number of carbonyl (C=O) groups excluding carboxylic acids is 2. The van der Waals surface area contributed by atoms with Crippen LogP contribution in [0.4, 0.5) is 0 Å². The largest absolute Gasteiger partial charge is 0.507 e. The number of rotatable bonds is 8. The summed E-state index contributed by atoms with van der Waals surface area (Å²) in [6.07, 6.45) is 0.502. The third-order valence-corrected chi connectivity index (χ3v) is 8.37. The van der Waals surface area contributed by atoms with Crippen molar-refractivity contribution in [2.75, 3.05) is 46.6 Å². The molecule has 9 nitrogen and oxygen atoms in total. The molecule has 2 heterocycles. The summed E-state index contributed by atoms with van der Waals surface area (Å²) in [5.41, 5.74) is 0.775. The van der Waals surface area contributed by atoms with Crippen molar-refractivity contribution in [3.8, 4) is 0 Å². The number of carbonyl (C=O) groups is 2. The zero-order chi connectivity index (χ0) is 25.9. The molecule has 0 bridgehead atoms. The first-order valence-electron chi connectivity index (χ1n) is 11.5. The van der Waals surface area contributed by atoms with Crippen LogP contribution in [0.3, 0.4) is 0 Å². The lowest BCUT2D eigenvalue weighted by Gasteiger charge is -2.26. The van der Waals surface area contributed by atoms with Crippen LogP contribution in [0.2, 0.25) is 5.02 Å². The molecule has 1 atom stereocenters. The lowest BCUT2D eigenvalue weighted by Crippen LogP contribution is -2.40. The van der Waals surface area contributed by atoms with Gasteiger partial charge in [0.2, 0.25) is 10.0 Å². The Morgan fingerprint density at radius 1 is 1.08 bits per heavy atom. The Hall–Kier alpha value is -2.76. The number of aliphatic hydroxyl groups is 1. The molecule has 0 unspecified atom stereocenters. The van der Waals surface area contributed by atoms with Gasteiger partial charge in [-0.05, 0) is 48.4 Å². The normalized spacial score (nSPS) is 20.7. The van der Waals surface area contributed by atoms with Crippen LogP contribution in [0.1, 0.15) is 23.6 Å². The van der Waals surface area contributed by atoms with E-state index in [2.05, 4.69) is 0 Å². The molecule has 0 spiro atoms. The minimum Gasteiger partial charge on any atom is -0.507 e. The standard InChI is InChI=1S/C25H27ClN2O7S/c1-34-14-2-11-28-22(17-3-7-19(26)8-4-17)21(24(30)25(28)31)23(29)18-5-9-20(10-6-18)36(32,33)27-12-15-35-16-13-27/h3-10,22,29H,2,11-16H2,1H3/t22-/m1/s1. The predicted octanol–water partition coefficient (Wildman–Crippen LogP) is 2.82. The van der Waals surface area contributed by atoms with Crippen molar-refractivity contribution in [3.05, 3.63) is 70.3 Å². The van der Waals surface area contributed by atoms with Crippen molar-refractivity contribution in [1.82, 2.24) is 9.21 Å². The van der Waals surface area contributed by atoms with Gasteiger partial charge in [0.15, 0.2) is 0 Å². The van der Waals surface area contributed by atoms with Gasteiger partial charge in [-0.2, -0.15) is 4.31 Å². The molecule has 1 amide bonds. The Labute approximate surface area is 214 Å². The minimum atomic E-state index is -3.72. The van der Waals surface area contributed by atoms with Crippen LogP contribution in [-0.4, -0.2) is 81.0 Å². The molecular weight excluding hydrogens is 508 g/mol. The summed E-state index contributed by atoms with van der Waals surface area (Å²) in [5.74, 6) is -1.91. The zero-order valence-electron chi connectivity index (χ0n) is 19.7. The van der Waals surface area contributed by atoms with Gasteiger partial charge in [0.25, 0.3) is 11.7 Å². The van der Waals surface area contributed by atoms with Gasteiger partial charge >= 0.3 is 0 Å². The van der Waals surface area contributed by atoms with Crippen LogP contribution >= 0.6 is 11.6 Å². The number of ketones is 1. The van der Waals surface area contributed by atoms with Gasteiger partial charge in [0, 0.05) is 43.9 Å². The maximum atomic E-state index is 13.1. The number of morpholine rings is 1. The van der Waals surface area contributed by atoms with Crippen molar-refractivity contribution >= 4 is 39.1 Å². The summed E-state index contributed by atoms with van der Waals surface area (Å²) in [4.78, 5) is 27.5. The van der Waals surface area contributed by atoms with Gasteiger partial charge in [0.05, 0.1) is 29.7 Å². The summed E-state index contributed by atoms with van der Waals surface area (Å²) in [6, 6.07) is 11.5. The number of amides is 1. The SMILES string of the molecule is COCCCN1C(=O)C(=O)C(=C(O)c2ccc(S(=O)(=O)N3CCOCC3)cc2)[C@H]1c1ccc(Cl)cc1. The molecule has 2 aliphatic rings. The van der Waals surface area contributed by atoms with E-state index in [0.717, 1.165) is 0 Å². The Bertz CT molecular complexity index is 1250. The summed E-state index contributed by atoms with van der Waals surface area (Å²) >= 11 is 6.03. The highest BCUT2D eigenvalue weighted by atomic mass is 35.5. The quantitative estimate of drug-likeness (QED) is 0.240. The Morgan fingerprint density at radius 2 is 1.72 bits per heavy atom. The van der Waals surface area contributed by atoms with Crippen LogP contribution in [0.15, 0.2) is 59.0 Å². The fourth-order valence-electron chi connectivity index (χ4n) is 4.36. The summed E-state index contributed by atoms with van der Waals surface area (Å²) in [5, 5.41) is 11.7. The number of Topliss-reactive ketones (excluding diaryl/α,β-unsaturated/α-hetero) is 1. The number of benzene rings is 2. The molecule has 11 heteroatoms. The molecule has 36 heavy (non-hydrogen) atoms. The second-order valence-corrected chi connectivity index (χ2v) is 10.8. The van der Waals surface area contributed by atoms with Gasteiger partial charge in [-0.15, -0.1) is 0 Å². The van der Waals surface area contributed by atoms with Crippen LogP contribution < -0.4 is 0 Å². The number of likely N-dealkylation sites (tertiary alicyclic amines) is 1. The zero-order valence-corrected chi connectivity index (χ0v) is 21.3. The van der Waals surface area contributed by atoms with Gasteiger partial charge in [-0.1, -0.05) is 23.7 Å². The highest BCUT2D eigenvalue weighted by Crippen LogP contribution is 2.39. The van der Waals surface area contributed by atoms with E-state index in [9.17, 15) is 23.1 Å². The van der Waals surface area contributed by atoms with Crippen LogP contribution in [0, 0.1) is 0 Å². The second kappa shape index (κ2) is 11.1. The van der Waals surface area contributed by atoms with E-state index in [1.807, 2.05) is 0 Å². The molecule has 2 saturated heterocycles. The number of sulfonamides is 1. The first kappa shape index (κ1) is 26.3. The fraction of sp³-hybridized carbons (Fsp3) is 0.360. The maximum Gasteiger partial charge on any atom is 0.295 e. The molecule has 0 radical (unpaired) electrons. The Kier molecular flexibility index (Phi) is 8.11. The monoisotopic (exact) mass is 534 g/mol. The lowest BCUT2D eigenvalue weighted by molar-refractivity contribution is -0.140. The number of ether oxygens (including phenoxy) is 2. The molecular formula is C25H27ClN2O7S. The van der Waals surface area contributed by atoms with Crippen LogP contribution in [-0.2, 0) is 29.1 Å².